The van der Waals surface area contributed by atoms with E-state index in [1.54, 1.807) is 24.3 Å². The largest absolute Gasteiger partial charge is 0.367 e. The van der Waals surface area contributed by atoms with Gasteiger partial charge < -0.3 is 4.90 Å². The van der Waals surface area contributed by atoms with E-state index in [4.69, 9.17) is 0 Å². The van der Waals surface area contributed by atoms with Crippen molar-refractivity contribution in [3.05, 3.63) is 46.0 Å². The monoisotopic (exact) mass is 430 g/mol. The first-order chi connectivity index (χ1) is 14.2. The van der Waals surface area contributed by atoms with Gasteiger partial charge in [0.1, 0.15) is 5.70 Å². The maximum atomic E-state index is 13.8. The van der Waals surface area contributed by atoms with Crippen molar-refractivity contribution >= 4 is 21.6 Å². The van der Waals surface area contributed by atoms with E-state index in [0.29, 0.717) is 37.7 Å². The molecule has 4 rings (SSSR count). The summed E-state index contributed by atoms with van der Waals surface area (Å²) in [4.78, 5) is 28.5. The van der Waals surface area contributed by atoms with Crippen molar-refractivity contribution in [2.45, 2.75) is 40.0 Å². The van der Waals surface area contributed by atoms with Gasteiger partial charge in [0, 0.05) is 37.3 Å². The van der Waals surface area contributed by atoms with E-state index in [2.05, 4.69) is 6.92 Å². The molecule has 0 N–H and O–H groups in total. The number of likely N-dealkylation sites (tertiary alicyclic amines) is 1. The molecule has 2 saturated heterocycles. The number of carbonyl (C=O) groups is 2. The zero-order valence-electron chi connectivity index (χ0n) is 17.9. The highest BCUT2D eigenvalue weighted by molar-refractivity contribution is 7.94. The second-order valence-corrected chi connectivity index (χ2v) is 11.2. The number of allylic oxidation sites excluding steroid dienone is 2. The van der Waals surface area contributed by atoms with Gasteiger partial charge in [0.15, 0.2) is 4.91 Å². The Labute approximate surface area is 179 Å². The van der Waals surface area contributed by atoms with Crippen LogP contribution >= 0.6 is 0 Å². The van der Waals surface area contributed by atoms with Crippen molar-refractivity contribution < 1.29 is 18.0 Å². The molecule has 0 radical (unpaired) electrons. The number of Topliss-reactive ketones (excluding diaryl/α,β-unsaturated/α-hetero) is 2. The maximum Gasteiger partial charge on any atom is 0.249 e. The van der Waals surface area contributed by atoms with Crippen LogP contribution in [0.1, 0.15) is 60.7 Å². The summed E-state index contributed by atoms with van der Waals surface area (Å²) in [5, 5.41) is 0. The van der Waals surface area contributed by atoms with Crippen LogP contribution in [0.5, 0.6) is 0 Å². The number of benzene rings is 1. The van der Waals surface area contributed by atoms with Crippen LogP contribution in [0.3, 0.4) is 0 Å². The Balaban J connectivity index is 1.86. The molecule has 1 aromatic rings. The Hall–Kier alpha value is -1.99. The predicted octanol–water partition coefficient (Wildman–Crippen LogP) is 3.32. The van der Waals surface area contributed by atoms with Gasteiger partial charge in [0.05, 0.1) is 0 Å². The minimum atomic E-state index is -4.09. The second kappa shape index (κ2) is 7.93. The molecule has 3 aliphatic rings. The number of hydrogen-bond acceptors (Lipinski definition) is 5. The maximum absolute atomic E-state index is 13.8. The third-order valence-electron chi connectivity index (χ3n) is 6.59. The molecular weight excluding hydrogens is 400 g/mol. The number of piperidine rings is 2. The van der Waals surface area contributed by atoms with Gasteiger partial charge in [-0.2, -0.15) is 4.31 Å². The molecule has 0 amide bonds. The molecule has 2 heterocycles. The Morgan fingerprint density at radius 1 is 0.833 bits per heavy atom. The van der Waals surface area contributed by atoms with Crippen molar-refractivity contribution in [1.82, 2.24) is 9.21 Å². The van der Waals surface area contributed by atoms with Crippen LogP contribution in [0, 0.1) is 17.8 Å². The Morgan fingerprint density at radius 3 is 1.93 bits per heavy atom. The first-order valence-corrected chi connectivity index (χ1v) is 12.3. The van der Waals surface area contributed by atoms with Gasteiger partial charge in [-0.1, -0.05) is 45.0 Å². The number of carbonyl (C=O) groups excluding carboxylic acids is 2. The van der Waals surface area contributed by atoms with Crippen LogP contribution in [-0.2, 0) is 10.0 Å². The van der Waals surface area contributed by atoms with E-state index >= 15 is 0 Å². The van der Waals surface area contributed by atoms with Gasteiger partial charge in [-0.25, -0.2) is 8.42 Å². The molecule has 30 heavy (non-hydrogen) atoms. The first-order valence-electron chi connectivity index (χ1n) is 10.9. The van der Waals surface area contributed by atoms with Gasteiger partial charge in [-0.15, -0.1) is 0 Å². The third-order valence-corrected chi connectivity index (χ3v) is 8.46. The Morgan fingerprint density at radius 2 is 1.37 bits per heavy atom. The molecule has 6 nitrogen and oxygen atoms in total. The molecule has 162 valence electrons. The van der Waals surface area contributed by atoms with Gasteiger partial charge in [0.25, 0.3) is 0 Å². The van der Waals surface area contributed by atoms with Crippen molar-refractivity contribution in [2.24, 2.45) is 17.8 Å². The molecule has 0 saturated carbocycles. The van der Waals surface area contributed by atoms with Crippen LogP contribution in [0.25, 0.3) is 0 Å². The summed E-state index contributed by atoms with van der Waals surface area (Å²) in [6.07, 6.45) is 2.70. The topological polar surface area (TPSA) is 74.8 Å². The molecule has 1 aromatic carbocycles. The average molecular weight is 431 g/mol. The molecule has 0 spiro atoms. The van der Waals surface area contributed by atoms with Crippen molar-refractivity contribution in [2.75, 3.05) is 26.2 Å². The highest BCUT2D eigenvalue weighted by atomic mass is 32.2. The fraction of sp³-hybridized carbons (Fsp3) is 0.565. The SMILES string of the molecule is CC1CCN(C2=C(S(=O)(=O)N3CC(C)CC(C)C3)C(=O)c3ccccc3C2=O)CC1. The van der Waals surface area contributed by atoms with Crippen LogP contribution in [0.15, 0.2) is 34.9 Å². The van der Waals surface area contributed by atoms with Crippen molar-refractivity contribution in [3.63, 3.8) is 0 Å². The lowest BCUT2D eigenvalue weighted by Gasteiger charge is -2.38. The summed E-state index contributed by atoms with van der Waals surface area (Å²) in [5.74, 6) is 0.0451. The van der Waals surface area contributed by atoms with Crippen LogP contribution in [-0.4, -0.2) is 55.4 Å². The van der Waals surface area contributed by atoms with E-state index in [1.165, 1.54) is 4.31 Å². The van der Waals surface area contributed by atoms with E-state index in [1.807, 2.05) is 18.7 Å². The quantitative estimate of drug-likeness (QED) is 0.735. The number of sulfonamides is 1. The lowest BCUT2D eigenvalue weighted by atomic mass is 9.90. The second-order valence-electron chi connectivity index (χ2n) is 9.32. The Kier molecular flexibility index (Phi) is 5.62. The molecule has 7 heteroatoms. The fourth-order valence-electron chi connectivity index (χ4n) is 5.03. The molecule has 2 fully saturated rings. The average Bonchev–Trinajstić information content (AvgIpc) is 2.70. The number of fused-ring (bicyclic) bond motifs is 1. The van der Waals surface area contributed by atoms with E-state index in [-0.39, 0.29) is 33.8 Å². The van der Waals surface area contributed by atoms with Crippen LogP contribution in [0.2, 0.25) is 0 Å². The summed E-state index contributed by atoms with van der Waals surface area (Å²) >= 11 is 0. The zero-order chi connectivity index (χ0) is 21.6. The van der Waals surface area contributed by atoms with Crippen molar-refractivity contribution in [1.29, 1.82) is 0 Å². The predicted molar refractivity (Wildman–Crippen MR) is 116 cm³/mol. The zero-order valence-corrected chi connectivity index (χ0v) is 18.7. The molecule has 2 unspecified atom stereocenters. The van der Waals surface area contributed by atoms with Gasteiger partial charge >= 0.3 is 0 Å². The summed E-state index contributed by atoms with van der Waals surface area (Å²) in [6.45, 7) is 8.15. The van der Waals surface area contributed by atoms with Gasteiger partial charge in [0.2, 0.25) is 21.6 Å². The normalized spacial score (nSPS) is 26.8. The standard InChI is InChI=1S/C23H30N2O4S/c1-15-8-10-24(11-9-15)20-21(26)18-6-4-5-7-19(18)22(27)23(20)30(28,29)25-13-16(2)12-17(3)14-25/h4-7,15-17H,8-14H2,1-3H3. The highest BCUT2D eigenvalue weighted by Gasteiger charge is 2.45. The number of ketones is 2. The highest BCUT2D eigenvalue weighted by Crippen LogP contribution is 2.36. The van der Waals surface area contributed by atoms with E-state index in [9.17, 15) is 18.0 Å². The van der Waals surface area contributed by atoms with Gasteiger partial charge in [-0.3, -0.25) is 9.59 Å². The summed E-state index contributed by atoms with van der Waals surface area (Å²) < 4.78 is 29.0. The molecular formula is C23H30N2O4S. The summed E-state index contributed by atoms with van der Waals surface area (Å²) in [5.41, 5.74) is 0.570. The van der Waals surface area contributed by atoms with Crippen LogP contribution < -0.4 is 0 Å². The summed E-state index contributed by atoms with van der Waals surface area (Å²) in [7, 11) is -4.09. The lowest BCUT2D eigenvalue weighted by molar-refractivity contribution is 0.0931. The lowest BCUT2D eigenvalue weighted by Crippen LogP contribution is -2.47. The number of nitrogens with zero attached hydrogens (tertiary/aromatic N) is 2. The number of hydrogen-bond donors (Lipinski definition) is 0. The molecule has 2 aliphatic heterocycles. The smallest absolute Gasteiger partial charge is 0.249 e. The number of rotatable bonds is 3. The molecule has 0 aromatic heterocycles. The fourth-order valence-corrected chi connectivity index (χ4v) is 7.00. The summed E-state index contributed by atoms with van der Waals surface area (Å²) in [6, 6.07) is 6.57. The van der Waals surface area contributed by atoms with Crippen molar-refractivity contribution in [3.8, 4) is 0 Å². The molecule has 2 atom stereocenters. The first kappa shape index (κ1) is 21.2. The van der Waals surface area contributed by atoms with E-state index < -0.39 is 15.8 Å². The van der Waals surface area contributed by atoms with E-state index in [0.717, 1.165) is 19.3 Å². The molecule has 0 bridgehead atoms. The minimum absolute atomic E-state index is 0.0801. The Bertz CT molecular complexity index is 996. The van der Waals surface area contributed by atoms with Crippen LogP contribution in [0.4, 0.5) is 0 Å². The molecule has 1 aliphatic carbocycles. The minimum Gasteiger partial charge on any atom is -0.367 e. The van der Waals surface area contributed by atoms with Gasteiger partial charge in [-0.05, 0) is 37.0 Å². The third kappa shape index (κ3) is 3.62.